The summed E-state index contributed by atoms with van der Waals surface area (Å²) in [4.78, 5) is 13.9. The fourth-order valence-electron chi connectivity index (χ4n) is 1.28. The molecule has 0 saturated carbocycles. The van der Waals surface area contributed by atoms with Crippen molar-refractivity contribution in [2.24, 2.45) is 0 Å². The van der Waals surface area contributed by atoms with Gasteiger partial charge in [-0.1, -0.05) is 30.1 Å². The number of hydrogen-bond donors (Lipinski definition) is 2. The van der Waals surface area contributed by atoms with Crippen molar-refractivity contribution in [3.63, 3.8) is 0 Å². The van der Waals surface area contributed by atoms with Gasteiger partial charge < -0.3 is 4.98 Å². The molecule has 0 spiro atoms. The largest absolute Gasteiger partial charge is 0.332 e. The highest BCUT2D eigenvalue weighted by atomic mass is 35.5. The fourth-order valence-corrected chi connectivity index (χ4v) is 2.81. The molecule has 2 rings (SSSR count). The molecule has 10 heteroatoms. The number of rotatable bonds is 4. The van der Waals surface area contributed by atoms with Crippen LogP contribution in [0.1, 0.15) is 12.7 Å². The molecule has 0 bridgehead atoms. The van der Waals surface area contributed by atoms with Gasteiger partial charge in [-0.25, -0.2) is 15.0 Å². The first-order valence-corrected chi connectivity index (χ1v) is 7.40. The monoisotopic (exact) mass is 321 g/mol. The molecule has 0 fully saturated rings. The molecule has 7 nitrogen and oxygen atoms in total. The quantitative estimate of drug-likeness (QED) is 0.837. The standard InChI is InChI=1S/C9H9Cl2N5O2S/c1-2-5-12-3-6(15-5)19(17,18)16-7-8(10)13-4-14-9(7)11/h3-4,16H,2H2,1H3,(H,12,15). The first-order valence-electron chi connectivity index (χ1n) is 5.16. The molecule has 0 aliphatic rings. The molecule has 0 radical (unpaired) electrons. The van der Waals surface area contributed by atoms with E-state index in [0.717, 1.165) is 6.33 Å². The van der Waals surface area contributed by atoms with Crippen molar-refractivity contribution in [1.82, 2.24) is 19.9 Å². The molecule has 0 saturated heterocycles. The fraction of sp³-hybridized carbons (Fsp3) is 0.222. The van der Waals surface area contributed by atoms with Gasteiger partial charge in [0.1, 0.15) is 17.8 Å². The van der Waals surface area contributed by atoms with Crippen molar-refractivity contribution in [1.29, 1.82) is 0 Å². The van der Waals surface area contributed by atoms with E-state index >= 15 is 0 Å². The van der Waals surface area contributed by atoms with Gasteiger partial charge in [-0.15, -0.1) is 0 Å². The van der Waals surface area contributed by atoms with E-state index in [4.69, 9.17) is 23.2 Å². The van der Waals surface area contributed by atoms with Gasteiger partial charge in [-0.05, 0) is 0 Å². The molecule has 2 N–H and O–H groups in total. The molecule has 2 aromatic heterocycles. The molecule has 0 amide bonds. The lowest BCUT2D eigenvalue weighted by molar-refractivity contribution is 0.598. The number of aromatic nitrogens is 4. The second-order valence-corrected chi connectivity index (χ2v) is 5.85. The molecular weight excluding hydrogens is 313 g/mol. The molecule has 2 aromatic rings. The van der Waals surface area contributed by atoms with Crippen LogP contribution in [-0.2, 0) is 16.4 Å². The molecular formula is C9H9Cl2N5O2S. The number of nitrogens with one attached hydrogen (secondary N) is 2. The highest BCUT2D eigenvalue weighted by Crippen LogP contribution is 2.27. The van der Waals surface area contributed by atoms with Crippen LogP contribution in [0.2, 0.25) is 10.3 Å². The van der Waals surface area contributed by atoms with E-state index in [9.17, 15) is 8.42 Å². The Hall–Kier alpha value is -1.38. The van der Waals surface area contributed by atoms with Gasteiger partial charge in [-0.3, -0.25) is 4.72 Å². The third-order valence-corrected chi connectivity index (χ3v) is 4.05. The first-order chi connectivity index (χ1) is 8.94. The maximum absolute atomic E-state index is 12.1. The summed E-state index contributed by atoms with van der Waals surface area (Å²) in [6.45, 7) is 1.85. The lowest BCUT2D eigenvalue weighted by Gasteiger charge is -2.08. The Bertz CT molecular complexity index is 680. The SMILES string of the molecule is CCc1ncc(S(=O)(=O)Nc2c(Cl)ncnc2Cl)[nH]1. The zero-order chi connectivity index (χ0) is 14.0. The van der Waals surface area contributed by atoms with Gasteiger partial charge in [-0.2, -0.15) is 8.42 Å². The minimum Gasteiger partial charge on any atom is -0.332 e. The zero-order valence-electron chi connectivity index (χ0n) is 9.68. The topological polar surface area (TPSA) is 101 Å². The summed E-state index contributed by atoms with van der Waals surface area (Å²) in [6.07, 6.45) is 2.94. The van der Waals surface area contributed by atoms with Gasteiger partial charge in [0.05, 0.1) is 6.20 Å². The Morgan fingerprint density at radius 3 is 2.42 bits per heavy atom. The second-order valence-electron chi connectivity index (χ2n) is 3.48. The Morgan fingerprint density at radius 2 is 1.89 bits per heavy atom. The molecule has 0 atom stereocenters. The van der Waals surface area contributed by atoms with E-state index in [-0.39, 0.29) is 21.0 Å². The number of H-pyrrole nitrogens is 1. The van der Waals surface area contributed by atoms with Gasteiger partial charge >= 0.3 is 0 Å². The van der Waals surface area contributed by atoms with Crippen LogP contribution >= 0.6 is 23.2 Å². The van der Waals surface area contributed by atoms with Crippen molar-refractivity contribution in [2.75, 3.05) is 4.72 Å². The third-order valence-electron chi connectivity index (χ3n) is 2.22. The summed E-state index contributed by atoms with van der Waals surface area (Å²) >= 11 is 11.5. The Kier molecular flexibility index (Phi) is 3.93. The average Bonchev–Trinajstić information content (AvgIpc) is 2.83. The number of halogens is 2. The number of nitrogens with zero attached hydrogens (tertiary/aromatic N) is 3. The van der Waals surface area contributed by atoms with Gasteiger partial charge in [0.2, 0.25) is 0 Å². The molecule has 0 aromatic carbocycles. The number of anilines is 1. The number of aromatic amines is 1. The Balaban J connectivity index is 2.36. The van der Waals surface area contributed by atoms with E-state index in [1.54, 1.807) is 0 Å². The minimum atomic E-state index is -3.86. The average molecular weight is 322 g/mol. The molecule has 102 valence electrons. The van der Waals surface area contributed by atoms with E-state index in [1.807, 2.05) is 6.92 Å². The van der Waals surface area contributed by atoms with E-state index in [0.29, 0.717) is 12.2 Å². The van der Waals surface area contributed by atoms with Crippen LogP contribution in [0.4, 0.5) is 5.69 Å². The molecule has 0 aliphatic carbocycles. The van der Waals surface area contributed by atoms with Crippen molar-refractivity contribution < 1.29 is 8.42 Å². The Morgan fingerprint density at radius 1 is 1.26 bits per heavy atom. The smallest absolute Gasteiger partial charge is 0.279 e. The number of hydrogen-bond acceptors (Lipinski definition) is 5. The van der Waals surface area contributed by atoms with Crippen molar-refractivity contribution >= 4 is 38.9 Å². The molecule has 0 unspecified atom stereocenters. The molecule has 2 heterocycles. The number of imidazole rings is 1. The second kappa shape index (κ2) is 5.32. The van der Waals surface area contributed by atoms with Gasteiger partial charge in [0.15, 0.2) is 15.3 Å². The molecule has 19 heavy (non-hydrogen) atoms. The summed E-state index contributed by atoms with van der Waals surface area (Å²) in [5.74, 6) is 0.557. The summed E-state index contributed by atoms with van der Waals surface area (Å²) in [6, 6.07) is 0. The van der Waals surface area contributed by atoms with Crippen LogP contribution < -0.4 is 4.72 Å². The Labute approximate surface area is 119 Å². The molecule has 0 aliphatic heterocycles. The lowest BCUT2D eigenvalue weighted by atomic mass is 10.5. The van der Waals surface area contributed by atoms with Crippen LogP contribution in [0, 0.1) is 0 Å². The highest BCUT2D eigenvalue weighted by molar-refractivity contribution is 7.92. The summed E-state index contributed by atoms with van der Waals surface area (Å²) in [5.41, 5.74) is -0.0709. The van der Waals surface area contributed by atoms with Crippen LogP contribution in [0.15, 0.2) is 17.6 Å². The van der Waals surface area contributed by atoms with Crippen LogP contribution in [0.5, 0.6) is 0 Å². The van der Waals surface area contributed by atoms with Crippen molar-refractivity contribution in [3.05, 3.63) is 28.7 Å². The maximum Gasteiger partial charge on any atom is 0.279 e. The maximum atomic E-state index is 12.1. The third kappa shape index (κ3) is 2.96. The van der Waals surface area contributed by atoms with Gasteiger partial charge in [0, 0.05) is 6.42 Å². The van der Waals surface area contributed by atoms with Crippen LogP contribution in [0.3, 0.4) is 0 Å². The normalized spacial score (nSPS) is 11.5. The van der Waals surface area contributed by atoms with Crippen molar-refractivity contribution in [2.45, 2.75) is 18.4 Å². The number of sulfonamides is 1. The van der Waals surface area contributed by atoms with Crippen LogP contribution in [-0.4, -0.2) is 28.4 Å². The zero-order valence-corrected chi connectivity index (χ0v) is 12.0. The van der Waals surface area contributed by atoms with E-state index < -0.39 is 10.0 Å². The van der Waals surface area contributed by atoms with E-state index in [2.05, 4.69) is 24.7 Å². The predicted molar refractivity (Wildman–Crippen MR) is 70.8 cm³/mol. The number of aryl methyl sites for hydroxylation is 1. The lowest BCUT2D eigenvalue weighted by Crippen LogP contribution is -2.14. The van der Waals surface area contributed by atoms with Crippen molar-refractivity contribution in [3.8, 4) is 0 Å². The first kappa shape index (κ1) is 14.0. The summed E-state index contributed by atoms with van der Waals surface area (Å²) in [5, 5.41) is -0.252. The minimum absolute atomic E-state index is 0.0709. The summed E-state index contributed by atoms with van der Waals surface area (Å²) < 4.78 is 26.4. The van der Waals surface area contributed by atoms with Gasteiger partial charge in [0.25, 0.3) is 10.0 Å². The highest BCUT2D eigenvalue weighted by Gasteiger charge is 2.21. The van der Waals surface area contributed by atoms with E-state index in [1.165, 1.54) is 6.20 Å². The summed E-state index contributed by atoms with van der Waals surface area (Å²) in [7, 11) is -3.86. The van der Waals surface area contributed by atoms with Crippen LogP contribution in [0.25, 0.3) is 0 Å². The predicted octanol–water partition coefficient (Wildman–Crippen LogP) is 1.87.